The van der Waals surface area contributed by atoms with E-state index in [-0.39, 0.29) is 12.2 Å². The monoisotopic (exact) mass is 413 g/mol. The Morgan fingerprint density at radius 2 is 1.93 bits per heavy atom. The van der Waals surface area contributed by atoms with Crippen molar-refractivity contribution >= 4 is 27.5 Å². The molecular weight excluding hydrogens is 386 g/mol. The molecule has 7 heteroatoms. The van der Waals surface area contributed by atoms with Crippen molar-refractivity contribution in [2.45, 2.75) is 46.4 Å². The highest BCUT2D eigenvalue weighted by Crippen LogP contribution is 2.28. The van der Waals surface area contributed by atoms with Gasteiger partial charge in [0.15, 0.2) is 0 Å². The van der Waals surface area contributed by atoms with Crippen molar-refractivity contribution in [3.8, 4) is 0 Å². The van der Waals surface area contributed by atoms with E-state index in [1.54, 1.807) is 0 Å². The number of fused-ring (bicyclic) bond motifs is 1. The lowest BCUT2D eigenvalue weighted by Gasteiger charge is -2.22. The van der Waals surface area contributed by atoms with Gasteiger partial charge in [0, 0.05) is 4.88 Å². The molecule has 0 saturated heterocycles. The van der Waals surface area contributed by atoms with E-state index in [9.17, 15) is 9.59 Å². The maximum atomic E-state index is 13.4. The van der Waals surface area contributed by atoms with E-state index in [1.165, 1.54) is 15.9 Å². The number of ether oxygens (including phenoxy) is 1. The van der Waals surface area contributed by atoms with Crippen molar-refractivity contribution in [2.24, 2.45) is 0 Å². The highest BCUT2D eigenvalue weighted by molar-refractivity contribution is 7.18. The molecule has 0 aliphatic rings. The van der Waals surface area contributed by atoms with E-state index in [2.05, 4.69) is 0 Å². The lowest BCUT2D eigenvalue weighted by atomic mass is 10.1. The van der Waals surface area contributed by atoms with Gasteiger partial charge in [0.25, 0.3) is 5.56 Å². The number of benzene rings is 1. The largest absolute Gasteiger partial charge is 0.459 e. The summed E-state index contributed by atoms with van der Waals surface area (Å²) in [5.74, 6) is 0.168. The highest BCUT2D eigenvalue weighted by Gasteiger charge is 2.27. The minimum absolute atomic E-state index is 0.169. The molecule has 0 fully saturated rings. The fourth-order valence-corrected chi connectivity index (χ4v) is 4.38. The number of aromatic nitrogens is 2. The van der Waals surface area contributed by atoms with Crippen molar-refractivity contribution in [1.82, 2.24) is 14.5 Å². The van der Waals surface area contributed by atoms with Crippen LogP contribution in [0.4, 0.5) is 0 Å². The number of aryl methyl sites for hydroxylation is 2. The smallest absolute Gasteiger partial charge is 0.329 e. The predicted molar refractivity (Wildman–Crippen MR) is 116 cm³/mol. The van der Waals surface area contributed by atoms with Crippen LogP contribution in [0.25, 0.3) is 10.2 Å². The first-order valence-corrected chi connectivity index (χ1v) is 10.5. The maximum Gasteiger partial charge on any atom is 0.329 e. The average molecular weight is 414 g/mol. The van der Waals surface area contributed by atoms with E-state index in [1.807, 2.05) is 70.1 Å². The number of carbonyl (C=O) groups excluding carboxylic acids is 1. The summed E-state index contributed by atoms with van der Waals surface area (Å²) < 4.78 is 7.10. The van der Waals surface area contributed by atoms with Crippen LogP contribution in [0.15, 0.2) is 35.1 Å². The fourth-order valence-electron chi connectivity index (χ4n) is 3.34. The minimum atomic E-state index is -0.710. The van der Waals surface area contributed by atoms with Gasteiger partial charge in [-0.05, 0) is 45.5 Å². The van der Waals surface area contributed by atoms with Crippen molar-refractivity contribution < 1.29 is 9.53 Å². The maximum absolute atomic E-state index is 13.4. The Balaban J connectivity index is 2.03. The summed E-state index contributed by atoms with van der Waals surface area (Å²) in [6.07, 6.45) is 0.448. The number of rotatable bonds is 7. The van der Waals surface area contributed by atoms with E-state index < -0.39 is 12.0 Å². The highest BCUT2D eigenvalue weighted by atomic mass is 32.1. The molecule has 2 heterocycles. The molecule has 0 radical (unpaired) electrons. The number of esters is 1. The summed E-state index contributed by atoms with van der Waals surface area (Å²) >= 11 is 1.52. The summed E-state index contributed by atoms with van der Waals surface area (Å²) in [5.41, 5.74) is 1.67. The zero-order valence-electron chi connectivity index (χ0n) is 17.6. The van der Waals surface area contributed by atoms with Crippen molar-refractivity contribution in [2.75, 3.05) is 14.1 Å². The molecule has 2 aromatic heterocycles. The molecule has 29 heavy (non-hydrogen) atoms. The van der Waals surface area contributed by atoms with Gasteiger partial charge in [-0.3, -0.25) is 9.36 Å². The molecule has 0 bridgehead atoms. The molecule has 0 N–H and O–H groups in total. The fraction of sp³-hybridized carbons (Fsp3) is 0.409. The van der Waals surface area contributed by atoms with Crippen LogP contribution in [0.5, 0.6) is 0 Å². The third kappa shape index (κ3) is 4.41. The van der Waals surface area contributed by atoms with Crippen LogP contribution < -0.4 is 5.56 Å². The summed E-state index contributed by atoms with van der Waals surface area (Å²) in [7, 11) is 3.83. The van der Waals surface area contributed by atoms with Gasteiger partial charge in [-0.1, -0.05) is 37.3 Å². The van der Waals surface area contributed by atoms with Gasteiger partial charge < -0.3 is 9.64 Å². The lowest BCUT2D eigenvalue weighted by Crippen LogP contribution is -2.35. The second kappa shape index (κ2) is 8.88. The number of hydrogen-bond donors (Lipinski definition) is 0. The Labute approximate surface area is 174 Å². The predicted octanol–water partition coefficient (Wildman–Crippen LogP) is 3.83. The molecule has 0 aliphatic carbocycles. The molecule has 3 aromatic rings. The lowest BCUT2D eigenvalue weighted by molar-refractivity contribution is -0.149. The van der Waals surface area contributed by atoms with Crippen LogP contribution in [-0.2, 0) is 22.7 Å². The van der Waals surface area contributed by atoms with Crippen LogP contribution in [0.1, 0.15) is 41.2 Å². The topological polar surface area (TPSA) is 64.4 Å². The molecular formula is C22H27N3O3S. The number of nitrogens with zero attached hydrogens (tertiary/aromatic N) is 3. The zero-order valence-corrected chi connectivity index (χ0v) is 18.4. The molecule has 6 nitrogen and oxygen atoms in total. The summed E-state index contributed by atoms with van der Waals surface area (Å²) in [6, 6.07) is 8.82. The third-order valence-corrected chi connectivity index (χ3v) is 6.06. The van der Waals surface area contributed by atoms with Gasteiger partial charge in [0.2, 0.25) is 0 Å². The van der Waals surface area contributed by atoms with E-state index in [0.717, 1.165) is 20.8 Å². The Hall–Kier alpha value is -2.51. The van der Waals surface area contributed by atoms with E-state index in [4.69, 9.17) is 9.72 Å². The van der Waals surface area contributed by atoms with Gasteiger partial charge >= 0.3 is 5.97 Å². The van der Waals surface area contributed by atoms with Crippen LogP contribution in [0.3, 0.4) is 0 Å². The van der Waals surface area contributed by atoms with Crippen LogP contribution >= 0.6 is 11.3 Å². The summed E-state index contributed by atoms with van der Waals surface area (Å²) in [5, 5.41) is 0.601. The molecule has 1 atom stereocenters. The quantitative estimate of drug-likeness (QED) is 0.551. The first kappa shape index (κ1) is 21.2. The molecule has 1 unspecified atom stereocenters. The molecule has 0 amide bonds. The second-order valence-corrected chi connectivity index (χ2v) is 8.62. The SMILES string of the molecule is CCC(C(=O)OCc1ccccc1)n1c(CN(C)C)nc2sc(C)c(C)c2c1=O. The van der Waals surface area contributed by atoms with Gasteiger partial charge in [-0.2, -0.15) is 0 Å². The first-order valence-electron chi connectivity index (χ1n) is 9.69. The zero-order chi connectivity index (χ0) is 21.1. The number of carbonyl (C=O) groups is 1. The number of hydrogen-bond acceptors (Lipinski definition) is 6. The van der Waals surface area contributed by atoms with Crippen LogP contribution in [0.2, 0.25) is 0 Å². The van der Waals surface area contributed by atoms with E-state index >= 15 is 0 Å². The molecule has 0 aliphatic heterocycles. The first-order chi connectivity index (χ1) is 13.8. The Kier molecular flexibility index (Phi) is 6.49. The molecule has 154 valence electrons. The number of thiophene rings is 1. The summed E-state index contributed by atoms with van der Waals surface area (Å²) in [4.78, 5) is 34.9. The Morgan fingerprint density at radius 1 is 1.24 bits per heavy atom. The van der Waals surface area contributed by atoms with E-state index in [0.29, 0.717) is 24.2 Å². The van der Waals surface area contributed by atoms with Gasteiger partial charge in [0.05, 0.1) is 11.9 Å². The van der Waals surface area contributed by atoms with Gasteiger partial charge in [0.1, 0.15) is 23.3 Å². The average Bonchev–Trinajstić information content (AvgIpc) is 2.97. The van der Waals surface area contributed by atoms with Crippen LogP contribution in [-0.4, -0.2) is 34.5 Å². The van der Waals surface area contributed by atoms with Gasteiger partial charge in [-0.25, -0.2) is 9.78 Å². The van der Waals surface area contributed by atoms with Gasteiger partial charge in [-0.15, -0.1) is 11.3 Å². The normalized spacial score (nSPS) is 12.5. The molecule has 0 saturated carbocycles. The third-order valence-electron chi connectivity index (χ3n) is 4.96. The Morgan fingerprint density at radius 3 is 2.55 bits per heavy atom. The standard InChI is InChI=1S/C22H27N3O3S/c1-6-17(22(27)28-13-16-10-8-7-9-11-16)25-18(12-24(4)5)23-20-19(21(25)26)14(2)15(3)29-20/h7-11,17H,6,12-13H2,1-5H3. The Bertz CT molecular complexity index is 1070. The summed E-state index contributed by atoms with van der Waals surface area (Å²) in [6.45, 7) is 6.45. The molecule has 0 spiro atoms. The van der Waals surface area contributed by atoms with Crippen molar-refractivity contribution in [3.05, 3.63) is 62.5 Å². The van der Waals surface area contributed by atoms with Crippen molar-refractivity contribution in [1.29, 1.82) is 0 Å². The van der Waals surface area contributed by atoms with Crippen molar-refractivity contribution in [3.63, 3.8) is 0 Å². The second-order valence-electron chi connectivity index (χ2n) is 7.42. The molecule has 1 aromatic carbocycles. The minimum Gasteiger partial charge on any atom is -0.459 e. The van der Waals surface area contributed by atoms with Crippen LogP contribution in [0, 0.1) is 13.8 Å². The molecule has 3 rings (SSSR count).